The van der Waals surface area contributed by atoms with Gasteiger partial charge in [0.1, 0.15) is 18.2 Å². The molecule has 0 fully saturated rings. The molecule has 6 heteroatoms. The Balaban J connectivity index is 1.86. The molecule has 2 aromatic carbocycles. The van der Waals surface area contributed by atoms with Gasteiger partial charge in [-0.3, -0.25) is 9.59 Å². The first kappa shape index (κ1) is 16.0. The number of hydrogen-bond acceptors (Lipinski definition) is 3. The highest BCUT2D eigenvalue weighted by Gasteiger charge is 2.23. The summed E-state index contributed by atoms with van der Waals surface area (Å²) in [6, 6.07) is 10.3. The van der Waals surface area contributed by atoms with E-state index in [4.69, 9.17) is 4.74 Å². The van der Waals surface area contributed by atoms with Crippen molar-refractivity contribution in [2.75, 3.05) is 25.0 Å². The molecule has 2 aromatic rings. The van der Waals surface area contributed by atoms with Gasteiger partial charge in [-0.25, -0.2) is 4.39 Å². The summed E-state index contributed by atoms with van der Waals surface area (Å²) in [6.07, 6.45) is 0. The number of carbonyl (C=O) groups is 2. The molecule has 0 bridgehead atoms. The molecule has 0 saturated carbocycles. The van der Waals surface area contributed by atoms with Gasteiger partial charge in [-0.2, -0.15) is 0 Å². The fraction of sp³-hybridized carbons (Fsp3) is 0.222. The average Bonchev–Trinajstić information content (AvgIpc) is 2.74. The van der Waals surface area contributed by atoms with Crippen LogP contribution < -0.4 is 10.1 Å². The molecule has 124 valence electrons. The van der Waals surface area contributed by atoms with E-state index in [0.717, 1.165) is 6.07 Å². The highest BCUT2D eigenvalue weighted by atomic mass is 19.1. The minimum atomic E-state index is -0.480. The second-order valence-electron chi connectivity index (χ2n) is 5.41. The first-order valence-electron chi connectivity index (χ1n) is 7.71. The maximum Gasteiger partial charge on any atom is 0.257 e. The zero-order chi connectivity index (χ0) is 17.1. The van der Waals surface area contributed by atoms with Crippen molar-refractivity contribution >= 4 is 17.5 Å². The number of nitrogens with zero attached hydrogens (tertiary/aromatic N) is 1. The van der Waals surface area contributed by atoms with Crippen LogP contribution in [-0.2, 0) is 0 Å². The molecule has 5 nitrogen and oxygen atoms in total. The van der Waals surface area contributed by atoms with Crippen molar-refractivity contribution in [1.82, 2.24) is 4.90 Å². The monoisotopic (exact) mass is 328 g/mol. The summed E-state index contributed by atoms with van der Waals surface area (Å²) in [6.45, 7) is 3.44. The Morgan fingerprint density at radius 3 is 2.88 bits per heavy atom. The van der Waals surface area contributed by atoms with E-state index in [0.29, 0.717) is 36.7 Å². The summed E-state index contributed by atoms with van der Waals surface area (Å²) in [7, 11) is 0. The van der Waals surface area contributed by atoms with Crippen molar-refractivity contribution in [1.29, 1.82) is 0 Å². The first-order valence-corrected chi connectivity index (χ1v) is 7.71. The van der Waals surface area contributed by atoms with E-state index in [1.807, 2.05) is 6.92 Å². The summed E-state index contributed by atoms with van der Waals surface area (Å²) in [4.78, 5) is 26.4. The minimum absolute atomic E-state index is 0.133. The molecule has 0 radical (unpaired) electrons. The summed E-state index contributed by atoms with van der Waals surface area (Å²) in [5.74, 6) is -0.554. The molecular formula is C18H17FN2O3. The lowest BCUT2D eigenvalue weighted by molar-refractivity contribution is 0.0764. The van der Waals surface area contributed by atoms with Crippen molar-refractivity contribution in [2.24, 2.45) is 0 Å². The van der Waals surface area contributed by atoms with Gasteiger partial charge in [0.15, 0.2) is 0 Å². The van der Waals surface area contributed by atoms with E-state index in [1.165, 1.54) is 18.2 Å². The van der Waals surface area contributed by atoms with Gasteiger partial charge < -0.3 is 15.0 Å². The zero-order valence-corrected chi connectivity index (χ0v) is 13.2. The van der Waals surface area contributed by atoms with Crippen molar-refractivity contribution in [3.8, 4) is 5.75 Å². The van der Waals surface area contributed by atoms with Crippen LogP contribution in [0, 0.1) is 5.82 Å². The Morgan fingerprint density at radius 2 is 2.12 bits per heavy atom. The molecular weight excluding hydrogens is 311 g/mol. The average molecular weight is 328 g/mol. The fourth-order valence-corrected chi connectivity index (χ4v) is 2.57. The molecule has 0 unspecified atom stereocenters. The van der Waals surface area contributed by atoms with Crippen LogP contribution in [-0.4, -0.2) is 36.4 Å². The molecule has 0 atom stereocenters. The Morgan fingerprint density at radius 1 is 1.29 bits per heavy atom. The zero-order valence-electron chi connectivity index (χ0n) is 13.2. The number of anilines is 1. The number of nitrogens with one attached hydrogen (secondary N) is 1. The molecule has 1 heterocycles. The predicted molar refractivity (Wildman–Crippen MR) is 87.9 cm³/mol. The van der Waals surface area contributed by atoms with Crippen LogP contribution >= 0.6 is 0 Å². The van der Waals surface area contributed by atoms with Crippen molar-refractivity contribution < 1.29 is 18.7 Å². The third-order valence-corrected chi connectivity index (χ3v) is 3.84. The first-order chi connectivity index (χ1) is 11.6. The van der Waals surface area contributed by atoms with Gasteiger partial charge in [0.2, 0.25) is 0 Å². The number of likely N-dealkylation sites (N-methyl/N-ethyl adjacent to an activating group) is 1. The highest BCUT2D eigenvalue weighted by molar-refractivity contribution is 6.05. The second kappa shape index (κ2) is 6.70. The minimum Gasteiger partial charge on any atom is -0.491 e. The van der Waals surface area contributed by atoms with Crippen LogP contribution in [0.4, 0.5) is 10.1 Å². The third-order valence-electron chi connectivity index (χ3n) is 3.84. The number of hydrogen-bond donors (Lipinski definition) is 1. The van der Waals surface area contributed by atoms with Gasteiger partial charge in [0, 0.05) is 17.8 Å². The van der Waals surface area contributed by atoms with Crippen LogP contribution in [0.3, 0.4) is 0 Å². The van der Waals surface area contributed by atoms with Gasteiger partial charge in [0.05, 0.1) is 12.1 Å². The number of benzene rings is 2. The molecule has 3 rings (SSSR count). The normalized spacial score (nSPS) is 13.8. The van der Waals surface area contributed by atoms with Crippen molar-refractivity contribution in [3.05, 3.63) is 59.4 Å². The standard InChI is InChI=1S/C18H17FN2O3/c1-2-21-8-9-24-16-7-6-14(11-15(16)18(21)23)20-17(22)12-4-3-5-13(19)10-12/h3-7,10-11H,2,8-9H2,1H3,(H,20,22). The van der Waals surface area contributed by atoms with Crippen LogP contribution in [0.5, 0.6) is 5.75 Å². The lowest BCUT2D eigenvalue weighted by Gasteiger charge is -2.17. The molecule has 1 N–H and O–H groups in total. The van der Waals surface area contributed by atoms with Crippen LogP contribution in [0.1, 0.15) is 27.6 Å². The van der Waals surface area contributed by atoms with E-state index in [-0.39, 0.29) is 11.5 Å². The number of rotatable bonds is 3. The van der Waals surface area contributed by atoms with E-state index >= 15 is 0 Å². The number of amides is 2. The molecule has 2 amide bonds. The second-order valence-corrected chi connectivity index (χ2v) is 5.41. The van der Waals surface area contributed by atoms with Gasteiger partial charge in [-0.05, 0) is 43.3 Å². The quantitative estimate of drug-likeness (QED) is 0.942. The Hall–Kier alpha value is -2.89. The third kappa shape index (κ3) is 3.22. The molecule has 1 aliphatic heterocycles. The van der Waals surface area contributed by atoms with E-state index in [9.17, 15) is 14.0 Å². The maximum absolute atomic E-state index is 13.2. The molecule has 1 aliphatic rings. The number of ether oxygens (including phenoxy) is 1. The number of halogens is 1. The van der Waals surface area contributed by atoms with Crippen molar-refractivity contribution in [2.45, 2.75) is 6.92 Å². The Kier molecular flexibility index (Phi) is 4.46. The Labute approximate surface area is 139 Å². The lowest BCUT2D eigenvalue weighted by atomic mass is 10.1. The largest absolute Gasteiger partial charge is 0.491 e. The number of carbonyl (C=O) groups excluding carboxylic acids is 2. The van der Waals surface area contributed by atoms with Gasteiger partial charge in [-0.1, -0.05) is 6.07 Å². The number of fused-ring (bicyclic) bond motifs is 1. The lowest BCUT2D eigenvalue weighted by Crippen LogP contribution is -2.32. The molecule has 0 aliphatic carbocycles. The SMILES string of the molecule is CCN1CCOc2ccc(NC(=O)c3cccc(F)c3)cc2C1=O. The van der Waals surface area contributed by atoms with Crippen LogP contribution in [0.25, 0.3) is 0 Å². The highest BCUT2D eigenvalue weighted by Crippen LogP contribution is 2.26. The van der Waals surface area contributed by atoms with E-state index < -0.39 is 11.7 Å². The summed E-state index contributed by atoms with van der Waals surface area (Å²) >= 11 is 0. The van der Waals surface area contributed by atoms with Gasteiger partial charge >= 0.3 is 0 Å². The van der Waals surface area contributed by atoms with Crippen LogP contribution in [0.15, 0.2) is 42.5 Å². The predicted octanol–water partition coefficient (Wildman–Crippen LogP) is 2.93. The summed E-state index contributed by atoms with van der Waals surface area (Å²) < 4.78 is 18.8. The summed E-state index contributed by atoms with van der Waals surface area (Å²) in [5.41, 5.74) is 1.08. The summed E-state index contributed by atoms with van der Waals surface area (Å²) in [5, 5.41) is 2.68. The van der Waals surface area contributed by atoms with Gasteiger partial charge in [-0.15, -0.1) is 0 Å². The van der Waals surface area contributed by atoms with Gasteiger partial charge in [0.25, 0.3) is 11.8 Å². The molecule has 0 aromatic heterocycles. The Bertz CT molecular complexity index is 792. The van der Waals surface area contributed by atoms with E-state index in [1.54, 1.807) is 23.1 Å². The smallest absolute Gasteiger partial charge is 0.257 e. The topological polar surface area (TPSA) is 58.6 Å². The molecule has 0 spiro atoms. The van der Waals surface area contributed by atoms with Crippen molar-refractivity contribution in [3.63, 3.8) is 0 Å². The molecule has 24 heavy (non-hydrogen) atoms. The fourth-order valence-electron chi connectivity index (χ4n) is 2.57. The van der Waals surface area contributed by atoms with Crippen LogP contribution in [0.2, 0.25) is 0 Å². The van der Waals surface area contributed by atoms with E-state index in [2.05, 4.69) is 5.32 Å². The maximum atomic E-state index is 13.2. The molecule has 0 saturated heterocycles.